The SMILES string of the molecule is CCCc1nn(-c2cccnc2)cc1N(CC)C(=O)CSC(C)C(F)(F)F. The van der Waals surface area contributed by atoms with Gasteiger partial charge in [0.2, 0.25) is 5.91 Å². The summed E-state index contributed by atoms with van der Waals surface area (Å²) >= 11 is 0.599. The number of carbonyl (C=O) groups is 1. The lowest BCUT2D eigenvalue weighted by Gasteiger charge is -2.22. The van der Waals surface area contributed by atoms with E-state index in [-0.39, 0.29) is 11.7 Å². The predicted molar refractivity (Wildman–Crippen MR) is 101 cm³/mol. The van der Waals surface area contributed by atoms with Crippen LogP contribution in [-0.2, 0) is 11.2 Å². The van der Waals surface area contributed by atoms with Crippen molar-refractivity contribution >= 4 is 23.4 Å². The molecular formula is C18H23F3N4OS. The summed E-state index contributed by atoms with van der Waals surface area (Å²) in [5.74, 6) is -0.597. The molecule has 2 aromatic rings. The third-order valence-corrected chi connectivity index (χ3v) is 5.17. The smallest absolute Gasteiger partial charge is 0.309 e. The highest BCUT2D eigenvalue weighted by atomic mass is 32.2. The maximum atomic E-state index is 12.7. The van der Waals surface area contributed by atoms with Crippen molar-refractivity contribution in [1.29, 1.82) is 0 Å². The Morgan fingerprint density at radius 2 is 2.11 bits per heavy atom. The first kappa shape index (κ1) is 21.3. The minimum atomic E-state index is -4.32. The van der Waals surface area contributed by atoms with Crippen molar-refractivity contribution in [2.45, 2.75) is 45.0 Å². The minimum absolute atomic E-state index is 0.238. The highest BCUT2D eigenvalue weighted by molar-refractivity contribution is 8.00. The van der Waals surface area contributed by atoms with E-state index in [1.165, 1.54) is 4.90 Å². The molecule has 0 aliphatic heterocycles. The highest BCUT2D eigenvalue weighted by Crippen LogP contribution is 2.31. The number of rotatable bonds is 8. The van der Waals surface area contributed by atoms with Crippen LogP contribution in [0.2, 0.25) is 0 Å². The molecule has 2 aromatic heterocycles. The molecule has 0 aliphatic rings. The first-order valence-corrected chi connectivity index (χ1v) is 9.80. The number of aryl methyl sites for hydroxylation is 1. The Morgan fingerprint density at radius 3 is 2.67 bits per heavy atom. The lowest BCUT2D eigenvalue weighted by molar-refractivity contribution is -0.125. The molecule has 0 spiro atoms. The maximum absolute atomic E-state index is 12.7. The molecule has 2 rings (SSSR count). The molecular weight excluding hydrogens is 377 g/mol. The topological polar surface area (TPSA) is 51.0 Å². The molecule has 148 valence electrons. The number of aromatic nitrogens is 3. The van der Waals surface area contributed by atoms with E-state index in [2.05, 4.69) is 10.1 Å². The number of hydrogen-bond acceptors (Lipinski definition) is 4. The zero-order valence-corrected chi connectivity index (χ0v) is 16.3. The molecule has 2 heterocycles. The Balaban J connectivity index is 2.24. The van der Waals surface area contributed by atoms with Crippen LogP contribution in [0.3, 0.4) is 0 Å². The summed E-state index contributed by atoms with van der Waals surface area (Å²) in [6, 6.07) is 3.63. The number of anilines is 1. The summed E-state index contributed by atoms with van der Waals surface area (Å²) in [6.45, 7) is 5.23. The molecule has 0 fully saturated rings. The lowest BCUT2D eigenvalue weighted by atomic mass is 10.2. The van der Waals surface area contributed by atoms with Crippen LogP contribution in [0.25, 0.3) is 5.69 Å². The fourth-order valence-electron chi connectivity index (χ4n) is 2.51. The molecule has 0 radical (unpaired) electrons. The number of nitrogens with zero attached hydrogens (tertiary/aromatic N) is 4. The predicted octanol–water partition coefficient (Wildman–Crippen LogP) is 4.26. The zero-order valence-electron chi connectivity index (χ0n) is 15.5. The molecule has 0 saturated carbocycles. The quantitative estimate of drug-likeness (QED) is 0.665. The number of thioether (sulfide) groups is 1. The maximum Gasteiger partial charge on any atom is 0.400 e. The highest BCUT2D eigenvalue weighted by Gasteiger charge is 2.37. The summed E-state index contributed by atoms with van der Waals surface area (Å²) in [5, 5.41) is 2.96. The van der Waals surface area contributed by atoms with Crippen LogP contribution in [-0.4, -0.2) is 44.4 Å². The second-order valence-electron chi connectivity index (χ2n) is 6.00. The van der Waals surface area contributed by atoms with Crippen LogP contribution in [0.15, 0.2) is 30.7 Å². The summed E-state index contributed by atoms with van der Waals surface area (Å²) in [4.78, 5) is 18.2. The van der Waals surface area contributed by atoms with Crippen LogP contribution in [0.5, 0.6) is 0 Å². The van der Waals surface area contributed by atoms with E-state index in [0.717, 1.165) is 24.7 Å². The van der Waals surface area contributed by atoms with Crippen LogP contribution in [0, 0.1) is 0 Å². The summed E-state index contributed by atoms with van der Waals surface area (Å²) < 4.78 is 39.7. The standard InChI is InChI=1S/C18H23F3N4OS/c1-4-7-15-16(11-25(23-15)14-8-6-9-22-10-14)24(5-2)17(26)12-27-13(3)18(19,20)21/h6,8-11,13H,4-5,7,12H2,1-3H3. The van der Waals surface area contributed by atoms with Crippen LogP contribution >= 0.6 is 11.8 Å². The van der Waals surface area contributed by atoms with E-state index >= 15 is 0 Å². The molecule has 0 saturated heterocycles. The summed E-state index contributed by atoms with van der Waals surface area (Å²) in [7, 11) is 0. The number of amides is 1. The monoisotopic (exact) mass is 400 g/mol. The molecule has 0 bridgehead atoms. The Hall–Kier alpha value is -2.03. The fraction of sp³-hybridized carbons (Fsp3) is 0.500. The van der Waals surface area contributed by atoms with Gasteiger partial charge in [-0.05, 0) is 32.4 Å². The van der Waals surface area contributed by atoms with Gasteiger partial charge in [-0.2, -0.15) is 18.3 Å². The molecule has 1 atom stereocenters. The average molecular weight is 400 g/mol. The van der Waals surface area contributed by atoms with E-state index in [1.54, 1.807) is 36.3 Å². The van der Waals surface area contributed by atoms with Crippen LogP contribution in [0.1, 0.15) is 32.9 Å². The van der Waals surface area contributed by atoms with Gasteiger partial charge >= 0.3 is 6.18 Å². The van der Waals surface area contributed by atoms with Crippen molar-refractivity contribution in [2.75, 3.05) is 17.2 Å². The average Bonchev–Trinajstić information content (AvgIpc) is 3.04. The van der Waals surface area contributed by atoms with Gasteiger partial charge in [0.05, 0.1) is 40.5 Å². The van der Waals surface area contributed by atoms with Crippen molar-refractivity contribution < 1.29 is 18.0 Å². The number of halogens is 3. The van der Waals surface area contributed by atoms with Crippen LogP contribution < -0.4 is 4.90 Å². The molecule has 0 N–H and O–H groups in total. The third kappa shape index (κ3) is 5.47. The van der Waals surface area contributed by atoms with Crippen molar-refractivity contribution in [2.24, 2.45) is 0 Å². The van der Waals surface area contributed by atoms with E-state index in [0.29, 0.717) is 30.4 Å². The first-order chi connectivity index (χ1) is 12.8. The molecule has 1 unspecified atom stereocenters. The summed E-state index contributed by atoms with van der Waals surface area (Å²) in [6.07, 6.45) is 2.23. The van der Waals surface area contributed by atoms with Gasteiger partial charge in [-0.1, -0.05) is 13.3 Å². The molecule has 0 aliphatic carbocycles. The third-order valence-electron chi connectivity index (χ3n) is 3.99. The van der Waals surface area contributed by atoms with Gasteiger partial charge in [0, 0.05) is 12.7 Å². The van der Waals surface area contributed by atoms with E-state index in [4.69, 9.17) is 0 Å². The van der Waals surface area contributed by atoms with Gasteiger partial charge < -0.3 is 4.90 Å². The molecule has 0 aromatic carbocycles. The van der Waals surface area contributed by atoms with Gasteiger partial charge in [0.15, 0.2) is 0 Å². The van der Waals surface area contributed by atoms with Crippen molar-refractivity contribution in [3.05, 3.63) is 36.4 Å². The number of carbonyl (C=O) groups excluding carboxylic acids is 1. The van der Waals surface area contributed by atoms with E-state index in [1.807, 2.05) is 13.0 Å². The number of pyridine rings is 1. The molecule has 9 heteroatoms. The van der Waals surface area contributed by atoms with Crippen LogP contribution in [0.4, 0.5) is 18.9 Å². The van der Waals surface area contributed by atoms with Crippen molar-refractivity contribution in [3.8, 4) is 5.69 Å². The Morgan fingerprint density at radius 1 is 1.37 bits per heavy atom. The van der Waals surface area contributed by atoms with Gasteiger partial charge in [0.25, 0.3) is 0 Å². The normalized spacial score (nSPS) is 12.8. The zero-order chi connectivity index (χ0) is 20.0. The lowest BCUT2D eigenvalue weighted by Crippen LogP contribution is -2.34. The van der Waals surface area contributed by atoms with Gasteiger partial charge in [0.1, 0.15) is 0 Å². The fourth-order valence-corrected chi connectivity index (χ4v) is 3.25. The summed E-state index contributed by atoms with van der Waals surface area (Å²) in [5.41, 5.74) is 2.13. The largest absolute Gasteiger partial charge is 0.400 e. The number of alkyl halides is 3. The first-order valence-electron chi connectivity index (χ1n) is 8.75. The van der Waals surface area contributed by atoms with Gasteiger partial charge in [-0.25, -0.2) is 4.68 Å². The van der Waals surface area contributed by atoms with Gasteiger partial charge in [-0.15, -0.1) is 11.8 Å². The van der Waals surface area contributed by atoms with E-state index in [9.17, 15) is 18.0 Å². The van der Waals surface area contributed by atoms with Gasteiger partial charge in [-0.3, -0.25) is 9.78 Å². The molecule has 27 heavy (non-hydrogen) atoms. The van der Waals surface area contributed by atoms with E-state index < -0.39 is 11.4 Å². The van der Waals surface area contributed by atoms with Crippen molar-refractivity contribution in [3.63, 3.8) is 0 Å². The molecule has 5 nitrogen and oxygen atoms in total. The Kier molecular flexibility index (Phi) is 7.29. The Bertz CT molecular complexity index is 749. The second-order valence-corrected chi connectivity index (χ2v) is 7.33. The van der Waals surface area contributed by atoms with Crippen molar-refractivity contribution in [1.82, 2.24) is 14.8 Å². The Labute approximate surface area is 161 Å². The minimum Gasteiger partial charge on any atom is -0.309 e. The molecule has 1 amide bonds. The second kappa shape index (κ2) is 9.25. The number of hydrogen-bond donors (Lipinski definition) is 0.